The van der Waals surface area contributed by atoms with Gasteiger partial charge in [-0.15, -0.1) is 13.2 Å². The standard InChI is InChI=1S/C10H20OSi/c1-4-7-10(11-12,8-5-2)9-6-3/h4-5H,1-2,6-9H2,3,12H3. The zero-order chi connectivity index (χ0) is 9.45. The minimum Gasteiger partial charge on any atom is -0.422 e. The molecule has 0 fully saturated rings. The Morgan fingerprint density at radius 1 is 1.33 bits per heavy atom. The lowest BCUT2D eigenvalue weighted by atomic mass is 9.91. The van der Waals surface area contributed by atoms with Crippen molar-refractivity contribution in [3.63, 3.8) is 0 Å². The molecular weight excluding hydrogens is 164 g/mol. The average molecular weight is 184 g/mol. The summed E-state index contributed by atoms with van der Waals surface area (Å²) in [5.41, 5.74) is 0.0183. The van der Waals surface area contributed by atoms with Crippen LogP contribution in [0.5, 0.6) is 0 Å². The van der Waals surface area contributed by atoms with Gasteiger partial charge in [-0.05, 0) is 19.3 Å². The number of hydrogen-bond acceptors (Lipinski definition) is 1. The molecular formula is C10H20OSi. The quantitative estimate of drug-likeness (QED) is 0.434. The lowest BCUT2D eigenvalue weighted by Gasteiger charge is -2.31. The van der Waals surface area contributed by atoms with Crippen LogP contribution in [0.2, 0.25) is 0 Å². The Morgan fingerprint density at radius 2 is 1.83 bits per heavy atom. The van der Waals surface area contributed by atoms with Crippen LogP contribution in [0.1, 0.15) is 32.6 Å². The number of rotatable bonds is 7. The maximum atomic E-state index is 5.66. The van der Waals surface area contributed by atoms with E-state index in [0.29, 0.717) is 0 Å². The fourth-order valence-corrected chi connectivity index (χ4v) is 2.08. The van der Waals surface area contributed by atoms with Crippen molar-refractivity contribution in [3.05, 3.63) is 25.3 Å². The summed E-state index contributed by atoms with van der Waals surface area (Å²) in [5.74, 6) is 0. The third-order valence-corrected chi connectivity index (χ3v) is 3.04. The first kappa shape index (κ1) is 11.7. The van der Waals surface area contributed by atoms with Crippen LogP contribution in [0.3, 0.4) is 0 Å². The third-order valence-electron chi connectivity index (χ3n) is 2.17. The van der Waals surface area contributed by atoms with Gasteiger partial charge in [-0.25, -0.2) is 0 Å². The second-order valence-corrected chi connectivity index (χ2v) is 3.53. The van der Waals surface area contributed by atoms with E-state index in [-0.39, 0.29) is 5.60 Å². The molecule has 70 valence electrons. The average Bonchev–Trinajstić information content (AvgIpc) is 2.06. The van der Waals surface area contributed by atoms with Crippen LogP contribution >= 0.6 is 0 Å². The summed E-state index contributed by atoms with van der Waals surface area (Å²) < 4.78 is 5.66. The Hall–Kier alpha value is -0.343. The molecule has 1 nitrogen and oxygen atoms in total. The Balaban J connectivity index is 4.25. The van der Waals surface area contributed by atoms with E-state index in [4.69, 9.17) is 4.43 Å². The lowest BCUT2D eigenvalue weighted by Crippen LogP contribution is -2.30. The van der Waals surface area contributed by atoms with E-state index in [9.17, 15) is 0 Å². The summed E-state index contributed by atoms with van der Waals surface area (Å²) in [7, 11) is 0.793. The summed E-state index contributed by atoms with van der Waals surface area (Å²) in [6.07, 6.45) is 8.03. The van der Waals surface area contributed by atoms with Gasteiger partial charge in [0.05, 0.1) is 5.60 Å². The largest absolute Gasteiger partial charge is 0.422 e. The maximum Gasteiger partial charge on any atom is 0.146 e. The van der Waals surface area contributed by atoms with Gasteiger partial charge in [0, 0.05) is 0 Å². The van der Waals surface area contributed by atoms with Gasteiger partial charge in [-0.2, -0.15) is 0 Å². The summed E-state index contributed by atoms with van der Waals surface area (Å²) >= 11 is 0. The van der Waals surface area contributed by atoms with E-state index in [1.165, 1.54) is 0 Å². The molecule has 0 N–H and O–H groups in total. The van der Waals surface area contributed by atoms with Crippen LogP contribution in [0.15, 0.2) is 25.3 Å². The fourth-order valence-electron chi connectivity index (χ4n) is 1.54. The Morgan fingerprint density at radius 3 is 2.08 bits per heavy atom. The van der Waals surface area contributed by atoms with Crippen molar-refractivity contribution in [2.45, 2.75) is 38.2 Å². The second kappa shape index (κ2) is 6.20. The Bertz CT molecular complexity index is 133. The van der Waals surface area contributed by atoms with Crippen molar-refractivity contribution in [1.29, 1.82) is 0 Å². The molecule has 0 amide bonds. The SMILES string of the molecule is C=CCC(CC=C)(CCC)O[SiH3]. The molecule has 12 heavy (non-hydrogen) atoms. The highest BCUT2D eigenvalue weighted by Gasteiger charge is 2.24. The lowest BCUT2D eigenvalue weighted by molar-refractivity contribution is 0.0756. The zero-order valence-corrected chi connectivity index (χ0v) is 10.3. The van der Waals surface area contributed by atoms with Crippen LogP contribution in [0.4, 0.5) is 0 Å². The van der Waals surface area contributed by atoms with Crippen LogP contribution in [0, 0.1) is 0 Å². The fraction of sp³-hybridized carbons (Fsp3) is 0.600. The molecule has 0 saturated heterocycles. The van der Waals surface area contributed by atoms with Gasteiger partial charge < -0.3 is 4.43 Å². The van der Waals surface area contributed by atoms with Gasteiger partial charge >= 0.3 is 0 Å². The summed E-state index contributed by atoms with van der Waals surface area (Å²) in [6, 6.07) is 0. The molecule has 0 unspecified atom stereocenters. The topological polar surface area (TPSA) is 9.23 Å². The minimum atomic E-state index is 0.0183. The van der Waals surface area contributed by atoms with Gasteiger partial charge in [0.25, 0.3) is 0 Å². The summed E-state index contributed by atoms with van der Waals surface area (Å²) in [5, 5.41) is 0. The molecule has 0 aliphatic rings. The first-order valence-electron chi connectivity index (χ1n) is 4.51. The van der Waals surface area contributed by atoms with Crippen LogP contribution in [-0.2, 0) is 4.43 Å². The van der Waals surface area contributed by atoms with Gasteiger partial charge in [0.2, 0.25) is 0 Å². The number of hydrogen-bond donors (Lipinski definition) is 0. The third kappa shape index (κ3) is 3.37. The highest BCUT2D eigenvalue weighted by molar-refractivity contribution is 5.98. The van der Waals surface area contributed by atoms with Gasteiger partial charge in [0.15, 0.2) is 0 Å². The van der Waals surface area contributed by atoms with Crippen LogP contribution < -0.4 is 0 Å². The van der Waals surface area contributed by atoms with E-state index in [1.807, 2.05) is 12.2 Å². The molecule has 0 bridgehead atoms. The maximum absolute atomic E-state index is 5.66. The molecule has 0 aromatic carbocycles. The molecule has 0 saturated carbocycles. The predicted octanol–water partition coefficient (Wildman–Crippen LogP) is 1.97. The zero-order valence-electron chi connectivity index (χ0n) is 8.31. The minimum absolute atomic E-state index is 0.0183. The Labute approximate surface area is 79.1 Å². The summed E-state index contributed by atoms with van der Waals surface area (Å²) in [4.78, 5) is 0. The highest BCUT2D eigenvalue weighted by atomic mass is 28.2. The van der Waals surface area contributed by atoms with Gasteiger partial charge in [-0.3, -0.25) is 0 Å². The van der Waals surface area contributed by atoms with E-state index in [1.54, 1.807) is 0 Å². The second-order valence-electron chi connectivity index (χ2n) is 3.12. The molecule has 0 aromatic heterocycles. The molecule has 0 aliphatic carbocycles. The molecule has 0 aromatic rings. The van der Waals surface area contributed by atoms with Crippen LogP contribution in [-0.4, -0.2) is 16.1 Å². The molecule has 0 aliphatic heterocycles. The van der Waals surface area contributed by atoms with Crippen molar-refractivity contribution in [2.75, 3.05) is 0 Å². The first-order valence-corrected chi connectivity index (χ1v) is 5.33. The molecule has 0 radical (unpaired) electrons. The monoisotopic (exact) mass is 184 g/mol. The highest BCUT2D eigenvalue weighted by Crippen LogP contribution is 2.26. The van der Waals surface area contributed by atoms with Crippen molar-refractivity contribution in [1.82, 2.24) is 0 Å². The smallest absolute Gasteiger partial charge is 0.146 e. The van der Waals surface area contributed by atoms with E-state index < -0.39 is 0 Å². The van der Waals surface area contributed by atoms with E-state index >= 15 is 0 Å². The predicted molar refractivity (Wildman–Crippen MR) is 58.3 cm³/mol. The van der Waals surface area contributed by atoms with Gasteiger partial charge in [0.1, 0.15) is 10.5 Å². The van der Waals surface area contributed by atoms with Crippen LogP contribution in [0.25, 0.3) is 0 Å². The van der Waals surface area contributed by atoms with Crippen molar-refractivity contribution in [2.24, 2.45) is 0 Å². The van der Waals surface area contributed by atoms with E-state index in [2.05, 4.69) is 20.1 Å². The molecule has 2 heteroatoms. The normalized spacial score (nSPS) is 11.4. The van der Waals surface area contributed by atoms with Gasteiger partial charge in [-0.1, -0.05) is 25.5 Å². The molecule has 0 spiro atoms. The van der Waals surface area contributed by atoms with E-state index in [0.717, 1.165) is 36.2 Å². The van der Waals surface area contributed by atoms with Crippen molar-refractivity contribution in [3.8, 4) is 0 Å². The first-order chi connectivity index (χ1) is 5.74. The molecule has 0 atom stereocenters. The van der Waals surface area contributed by atoms with Crippen molar-refractivity contribution >= 4 is 10.5 Å². The molecule has 0 heterocycles. The Kier molecular flexibility index (Phi) is 6.03. The molecule has 0 rings (SSSR count). The summed E-state index contributed by atoms with van der Waals surface area (Å²) in [6.45, 7) is 9.70. The van der Waals surface area contributed by atoms with Crippen molar-refractivity contribution < 1.29 is 4.43 Å².